The van der Waals surface area contributed by atoms with Gasteiger partial charge in [-0.3, -0.25) is 5.43 Å². The topological polar surface area (TPSA) is 27.6 Å². The molecule has 1 aliphatic rings. The minimum Gasteiger partial charge on any atom is -0.302 e. The maximum atomic E-state index is 3.73. The van der Waals surface area contributed by atoms with Gasteiger partial charge in [-0.2, -0.15) is 5.10 Å². The molecule has 0 radical (unpaired) electrons. The van der Waals surface area contributed by atoms with Gasteiger partial charge in [0.15, 0.2) is 0 Å². The van der Waals surface area contributed by atoms with Crippen LogP contribution < -0.4 is 5.43 Å². The summed E-state index contributed by atoms with van der Waals surface area (Å²) >= 11 is 0. The lowest BCUT2D eigenvalue weighted by Gasteiger charge is -2.22. The number of hydrogen-bond acceptors (Lipinski definition) is 3. The van der Waals surface area contributed by atoms with E-state index in [1.54, 1.807) is 0 Å². The minimum absolute atomic E-state index is 1.04. The Morgan fingerprint density at radius 3 is 2.92 bits per heavy atom. The highest BCUT2D eigenvalue weighted by molar-refractivity contribution is 5.24. The Morgan fingerprint density at radius 1 is 1.46 bits per heavy atom. The van der Waals surface area contributed by atoms with Gasteiger partial charge >= 0.3 is 0 Å². The van der Waals surface area contributed by atoms with E-state index < -0.39 is 0 Å². The van der Waals surface area contributed by atoms with Crippen molar-refractivity contribution in [3.63, 3.8) is 0 Å². The third kappa shape index (κ3) is 3.19. The summed E-state index contributed by atoms with van der Waals surface area (Å²) in [5.41, 5.74) is 5.62. The molecule has 0 aromatic carbocycles. The first-order valence-corrected chi connectivity index (χ1v) is 4.83. The van der Waals surface area contributed by atoms with Gasteiger partial charge in [0.2, 0.25) is 0 Å². The third-order valence-corrected chi connectivity index (χ3v) is 2.45. The van der Waals surface area contributed by atoms with E-state index in [0.717, 1.165) is 13.0 Å². The fraction of sp³-hybridized carbons (Fsp3) is 0.700. The van der Waals surface area contributed by atoms with Crippen molar-refractivity contribution in [2.75, 3.05) is 20.1 Å². The number of nitrogens with one attached hydrogen (secondary N) is 1. The summed E-state index contributed by atoms with van der Waals surface area (Å²) < 4.78 is 0. The summed E-state index contributed by atoms with van der Waals surface area (Å²) in [6.07, 6.45) is 3.62. The average molecular weight is 181 g/mol. The highest BCUT2D eigenvalue weighted by atomic mass is 15.3. The quantitative estimate of drug-likeness (QED) is 0.517. The normalized spacial score (nSPS) is 26.3. The average Bonchev–Trinajstić information content (AvgIpc) is 2.08. The van der Waals surface area contributed by atoms with Gasteiger partial charge < -0.3 is 4.90 Å². The largest absolute Gasteiger partial charge is 0.302 e. The number of nitrogens with zero attached hydrogens (tertiary/aromatic N) is 2. The molecular formula is C10H19N3. The predicted octanol–water partition coefficient (Wildman–Crippen LogP) is 1.58. The van der Waals surface area contributed by atoms with E-state index in [4.69, 9.17) is 0 Å². The SMILES string of the molecule is C=NN/C1=C(\C)CN(C)CCCC1. The third-order valence-electron chi connectivity index (χ3n) is 2.45. The van der Waals surface area contributed by atoms with Crippen molar-refractivity contribution in [3.05, 3.63) is 11.3 Å². The fourth-order valence-corrected chi connectivity index (χ4v) is 1.72. The first kappa shape index (κ1) is 10.3. The molecule has 0 saturated carbocycles. The molecule has 0 aromatic rings. The first-order chi connectivity index (χ1) is 6.24. The van der Waals surface area contributed by atoms with Crippen molar-refractivity contribution in [2.45, 2.75) is 26.2 Å². The molecular weight excluding hydrogens is 162 g/mol. The second-order valence-electron chi connectivity index (χ2n) is 3.72. The predicted molar refractivity (Wildman–Crippen MR) is 56.7 cm³/mol. The molecule has 1 aliphatic heterocycles. The highest BCUT2D eigenvalue weighted by Gasteiger charge is 2.08. The van der Waals surface area contributed by atoms with Crippen LogP contribution in [0.4, 0.5) is 0 Å². The molecule has 1 N–H and O–H groups in total. The van der Waals surface area contributed by atoms with E-state index in [9.17, 15) is 0 Å². The molecule has 0 unspecified atom stereocenters. The molecule has 1 heterocycles. The summed E-state index contributed by atoms with van der Waals surface area (Å²) in [7, 11) is 2.16. The zero-order chi connectivity index (χ0) is 9.68. The van der Waals surface area contributed by atoms with Crippen LogP contribution in [0.25, 0.3) is 0 Å². The Hall–Kier alpha value is -0.830. The Balaban J connectivity index is 2.67. The van der Waals surface area contributed by atoms with Crippen molar-refractivity contribution in [1.29, 1.82) is 0 Å². The van der Waals surface area contributed by atoms with Crippen LogP contribution in [0.5, 0.6) is 0 Å². The molecule has 0 aromatic heterocycles. The molecule has 3 heteroatoms. The monoisotopic (exact) mass is 181 g/mol. The zero-order valence-electron chi connectivity index (χ0n) is 8.64. The molecule has 1 rings (SSSR count). The molecule has 0 fully saturated rings. The van der Waals surface area contributed by atoms with Crippen LogP contribution >= 0.6 is 0 Å². The number of allylic oxidation sites excluding steroid dienone is 1. The Morgan fingerprint density at radius 2 is 2.23 bits per heavy atom. The smallest absolute Gasteiger partial charge is 0.0337 e. The van der Waals surface area contributed by atoms with Crippen molar-refractivity contribution in [3.8, 4) is 0 Å². The van der Waals surface area contributed by atoms with Crippen molar-refractivity contribution >= 4 is 6.72 Å². The number of hydrazone groups is 1. The van der Waals surface area contributed by atoms with Gasteiger partial charge in [-0.1, -0.05) is 0 Å². The molecule has 0 aliphatic carbocycles. The van der Waals surface area contributed by atoms with Crippen LogP contribution in [0.2, 0.25) is 0 Å². The van der Waals surface area contributed by atoms with Crippen LogP contribution in [0.1, 0.15) is 26.2 Å². The lowest BCUT2D eigenvalue weighted by Crippen LogP contribution is -2.25. The van der Waals surface area contributed by atoms with Gasteiger partial charge in [0.05, 0.1) is 0 Å². The summed E-state index contributed by atoms with van der Waals surface area (Å²) in [6.45, 7) is 7.86. The second-order valence-corrected chi connectivity index (χ2v) is 3.72. The van der Waals surface area contributed by atoms with E-state index >= 15 is 0 Å². The van der Waals surface area contributed by atoms with E-state index in [-0.39, 0.29) is 0 Å². The van der Waals surface area contributed by atoms with Crippen LogP contribution in [0.3, 0.4) is 0 Å². The molecule has 13 heavy (non-hydrogen) atoms. The zero-order valence-corrected chi connectivity index (χ0v) is 8.64. The van der Waals surface area contributed by atoms with Crippen molar-refractivity contribution in [2.24, 2.45) is 5.10 Å². The van der Waals surface area contributed by atoms with Gasteiger partial charge in [-0.05, 0) is 45.4 Å². The maximum absolute atomic E-state index is 3.73. The van der Waals surface area contributed by atoms with Gasteiger partial charge in [-0.15, -0.1) is 0 Å². The van der Waals surface area contributed by atoms with Gasteiger partial charge in [-0.25, -0.2) is 0 Å². The lowest BCUT2D eigenvalue weighted by atomic mass is 10.1. The van der Waals surface area contributed by atoms with Crippen molar-refractivity contribution in [1.82, 2.24) is 10.3 Å². The van der Waals surface area contributed by atoms with Crippen LogP contribution in [-0.4, -0.2) is 31.8 Å². The van der Waals surface area contributed by atoms with Gasteiger partial charge in [0.25, 0.3) is 0 Å². The van der Waals surface area contributed by atoms with Gasteiger partial charge in [0.1, 0.15) is 0 Å². The summed E-state index contributed by atoms with van der Waals surface area (Å²) in [5.74, 6) is 0. The molecule has 0 spiro atoms. The Kier molecular flexibility index (Phi) is 3.96. The van der Waals surface area contributed by atoms with E-state index in [2.05, 4.69) is 36.1 Å². The molecule has 0 atom stereocenters. The van der Waals surface area contributed by atoms with E-state index in [0.29, 0.717) is 0 Å². The van der Waals surface area contributed by atoms with Crippen LogP contribution in [0.15, 0.2) is 16.4 Å². The molecule has 0 bridgehead atoms. The number of hydrogen-bond donors (Lipinski definition) is 1. The first-order valence-electron chi connectivity index (χ1n) is 4.83. The minimum atomic E-state index is 1.04. The molecule has 0 amide bonds. The number of likely N-dealkylation sites (N-methyl/N-ethyl adjacent to an activating group) is 1. The molecule has 3 nitrogen and oxygen atoms in total. The molecule has 74 valence electrons. The van der Waals surface area contributed by atoms with Gasteiger partial charge in [0, 0.05) is 19.0 Å². The standard InChI is InChI=1S/C10H19N3/c1-9-8-13(3)7-5-4-6-10(9)12-11-2/h12H,2,4-8H2,1,3H3/b10-9+. The Labute approximate surface area is 80.5 Å². The Bertz CT molecular complexity index is 208. The van der Waals surface area contributed by atoms with Crippen LogP contribution in [0, 0.1) is 0 Å². The summed E-state index contributed by atoms with van der Waals surface area (Å²) in [4.78, 5) is 2.35. The fourth-order valence-electron chi connectivity index (χ4n) is 1.72. The molecule has 0 saturated heterocycles. The van der Waals surface area contributed by atoms with E-state index in [1.165, 1.54) is 30.7 Å². The summed E-state index contributed by atoms with van der Waals surface area (Å²) in [5, 5.41) is 3.73. The highest BCUT2D eigenvalue weighted by Crippen LogP contribution is 2.14. The maximum Gasteiger partial charge on any atom is 0.0337 e. The van der Waals surface area contributed by atoms with Crippen LogP contribution in [-0.2, 0) is 0 Å². The van der Waals surface area contributed by atoms with E-state index in [1.807, 2.05) is 0 Å². The summed E-state index contributed by atoms with van der Waals surface area (Å²) in [6, 6.07) is 0. The lowest BCUT2D eigenvalue weighted by molar-refractivity contribution is 0.341. The number of rotatable bonds is 2. The second kappa shape index (κ2) is 5.02. The van der Waals surface area contributed by atoms with Crippen molar-refractivity contribution < 1.29 is 0 Å².